The molecule has 2 fully saturated rings. The van der Waals surface area contributed by atoms with Gasteiger partial charge in [-0.2, -0.15) is 0 Å². The molecule has 0 bridgehead atoms. The highest BCUT2D eigenvalue weighted by atomic mass is 16.8. The summed E-state index contributed by atoms with van der Waals surface area (Å²) in [6, 6.07) is 33.4. The molecule has 356 valence electrons. The van der Waals surface area contributed by atoms with Gasteiger partial charge >= 0.3 is 6.09 Å². The number of aliphatic hydroxyl groups is 2. The lowest BCUT2D eigenvalue weighted by Gasteiger charge is -2.59. The number of ether oxygens (including phenoxy) is 6. The lowest BCUT2D eigenvalue weighted by atomic mass is 9.55. The monoisotopic (exact) mass is 914 g/mol. The van der Waals surface area contributed by atoms with Gasteiger partial charge in [0.05, 0.1) is 38.1 Å². The first-order valence-corrected chi connectivity index (χ1v) is 24.1. The number of nitrogens with zero attached hydrogens (tertiary/aromatic N) is 2. The lowest BCUT2D eigenvalue weighted by Crippen LogP contribution is -2.69. The van der Waals surface area contributed by atoms with Crippen molar-refractivity contribution in [3.8, 4) is 28.4 Å². The maximum Gasteiger partial charge on any atom is 0.410 e. The number of oxime groups is 1. The average molecular weight is 915 g/mol. The fourth-order valence-corrected chi connectivity index (χ4v) is 10.4. The van der Waals surface area contributed by atoms with E-state index in [4.69, 9.17) is 38.4 Å². The Bertz CT molecular complexity index is 2260. The van der Waals surface area contributed by atoms with E-state index in [1.54, 1.807) is 18.0 Å². The molecule has 1 saturated heterocycles. The van der Waals surface area contributed by atoms with Gasteiger partial charge in [-0.05, 0) is 103 Å². The number of benzene rings is 4. The molecule has 4 aliphatic rings. The summed E-state index contributed by atoms with van der Waals surface area (Å²) in [5.41, 5.74) is 5.85. The molecule has 4 aromatic carbocycles. The Hall–Kier alpha value is -5.50. The third kappa shape index (κ3) is 11.4. The minimum absolute atomic E-state index is 0.0490. The third-order valence-corrected chi connectivity index (χ3v) is 13.6. The first-order valence-electron chi connectivity index (χ1n) is 24.1. The van der Waals surface area contributed by atoms with E-state index >= 15 is 0 Å². The number of allylic oxidation sites excluding steroid dienone is 1. The van der Waals surface area contributed by atoms with E-state index < -0.39 is 30.1 Å². The van der Waals surface area contributed by atoms with Gasteiger partial charge in [0.1, 0.15) is 29.9 Å². The Morgan fingerprint density at radius 3 is 2.34 bits per heavy atom. The average Bonchev–Trinajstić information content (AvgIpc) is 3.37. The van der Waals surface area contributed by atoms with Gasteiger partial charge in [0, 0.05) is 44.6 Å². The highest BCUT2D eigenvalue weighted by molar-refractivity contribution is 6.03. The van der Waals surface area contributed by atoms with Crippen molar-refractivity contribution in [1.29, 1.82) is 0 Å². The summed E-state index contributed by atoms with van der Waals surface area (Å²) >= 11 is 0. The predicted molar refractivity (Wildman–Crippen MR) is 257 cm³/mol. The van der Waals surface area contributed by atoms with Crippen LogP contribution in [0.2, 0.25) is 0 Å². The molecule has 4 aromatic rings. The van der Waals surface area contributed by atoms with Crippen LogP contribution in [0.25, 0.3) is 11.1 Å². The number of hydrogen-bond acceptors (Lipinski definition) is 11. The van der Waals surface area contributed by atoms with Gasteiger partial charge in [-0.1, -0.05) is 103 Å². The summed E-state index contributed by atoms with van der Waals surface area (Å²) < 4.78 is 38.7. The van der Waals surface area contributed by atoms with E-state index in [0.29, 0.717) is 49.0 Å². The van der Waals surface area contributed by atoms with Gasteiger partial charge in [0.25, 0.3) is 0 Å². The fraction of sp³-hybridized carbons (Fsp3) is 0.455. The van der Waals surface area contributed by atoms with Crippen LogP contribution in [-0.4, -0.2) is 91.7 Å². The van der Waals surface area contributed by atoms with Crippen LogP contribution < -0.4 is 9.47 Å². The highest BCUT2D eigenvalue weighted by Crippen LogP contribution is 2.62. The molecule has 0 spiro atoms. The number of amides is 1. The summed E-state index contributed by atoms with van der Waals surface area (Å²) in [6.45, 7) is 5.65. The normalized spacial score (nSPS) is 24.6. The van der Waals surface area contributed by atoms with E-state index in [2.05, 4.69) is 43.0 Å². The number of hydrogen-bond donors (Lipinski definition) is 2. The van der Waals surface area contributed by atoms with Gasteiger partial charge in [-0.25, -0.2) is 4.79 Å². The number of carbonyl (C=O) groups excluding carboxylic acids is 1. The Balaban J connectivity index is 1.19. The predicted octanol–water partition coefficient (Wildman–Crippen LogP) is 10.6. The van der Waals surface area contributed by atoms with Crippen molar-refractivity contribution in [2.75, 3.05) is 46.7 Å². The minimum Gasteiger partial charge on any atom is -0.459 e. The van der Waals surface area contributed by atoms with Crippen molar-refractivity contribution in [3.63, 3.8) is 0 Å². The Kier molecular flexibility index (Phi) is 16.8. The van der Waals surface area contributed by atoms with Crippen LogP contribution in [0.15, 0.2) is 133 Å². The van der Waals surface area contributed by atoms with Crippen molar-refractivity contribution >= 4 is 11.8 Å². The first kappa shape index (κ1) is 48.0. The maximum atomic E-state index is 14.3. The zero-order valence-corrected chi connectivity index (χ0v) is 38.7. The third-order valence-electron chi connectivity index (χ3n) is 13.6. The molecule has 7 atom stereocenters. The van der Waals surface area contributed by atoms with Gasteiger partial charge in [0.15, 0.2) is 0 Å². The van der Waals surface area contributed by atoms with Crippen LogP contribution >= 0.6 is 0 Å². The van der Waals surface area contributed by atoms with Crippen LogP contribution in [-0.2, 0) is 30.4 Å². The molecule has 2 aliphatic carbocycles. The quantitative estimate of drug-likeness (QED) is 0.0445. The second kappa shape index (κ2) is 23.5. The molecular formula is C55H66N2O10. The van der Waals surface area contributed by atoms with E-state index in [1.807, 2.05) is 72.8 Å². The summed E-state index contributed by atoms with van der Waals surface area (Å²) in [7, 11) is 1.72. The molecule has 0 radical (unpaired) electrons. The first-order chi connectivity index (χ1) is 32.9. The molecule has 8 rings (SSSR count). The van der Waals surface area contributed by atoms with Crippen LogP contribution in [0, 0.1) is 17.8 Å². The van der Waals surface area contributed by atoms with E-state index in [-0.39, 0.29) is 57.2 Å². The van der Waals surface area contributed by atoms with Crippen LogP contribution in [0.3, 0.4) is 0 Å². The molecule has 0 aromatic heterocycles. The number of likely N-dealkylation sites (N-methyl/N-ethyl adjacent to an activating group) is 1. The number of aliphatic hydroxyl groups excluding tert-OH is 2. The molecule has 2 N–H and O–H groups in total. The van der Waals surface area contributed by atoms with Crippen molar-refractivity contribution in [1.82, 2.24) is 4.90 Å². The number of carbonyl (C=O) groups is 1. The number of rotatable bonds is 22. The van der Waals surface area contributed by atoms with Gasteiger partial charge in [-0.3, -0.25) is 0 Å². The second-order valence-corrected chi connectivity index (χ2v) is 17.9. The zero-order chi connectivity index (χ0) is 46.4. The molecular weight excluding hydrogens is 849 g/mol. The SMILES string of the molecule is C=CCOC12Oc3ccc(Oc4ccc(-c5ccccc5)cc4)cc3C3C(CCCCO)C(CCCCO)C=C(C(=NOC4CCCCO4)CC1N(C)C(=O)OCCOCc1ccccc1)C32. The zero-order valence-electron chi connectivity index (χ0n) is 38.7. The van der Waals surface area contributed by atoms with Gasteiger partial charge in [0.2, 0.25) is 12.1 Å². The molecule has 2 aliphatic heterocycles. The smallest absolute Gasteiger partial charge is 0.410 e. The minimum atomic E-state index is -1.42. The molecule has 7 unspecified atom stereocenters. The summed E-state index contributed by atoms with van der Waals surface area (Å²) in [4.78, 5) is 22.1. The molecule has 1 saturated carbocycles. The summed E-state index contributed by atoms with van der Waals surface area (Å²) in [5.74, 6) is -0.00176. The maximum absolute atomic E-state index is 14.3. The lowest BCUT2D eigenvalue weighted by molar-refractivity contribution is -0.254. The van der Waals surface area contributed by atoms with Crippen LogP contribution in [0.4, 0.5) is 4.79 Å². The second-order valence-electron chi connectivity index (χ2n) is 17.9. The summed E-state index contributed by atoms with van der Waals surface area (Å²) in [6.07, 6.45) is 10.5. The van der Waals surface area contributed by atoms with Gasteiger partial charge in [-0.15, -0.1) is 6.58 Å². The summed E-state index contributed by atoms with van der Waals surface area (Å²) in [5, 5.41) is 24.9. The highest BCUT2D eigenvalue weighted by Gasteiger charge is 2.65. The van der Waals surface area contributed by atoms with Crippen molar-refractivity contribution in [2.45, 2.75) is 94.9 Å². The molecule has 12 heteroatoms. The topological polar surface area (TPSA) is 138 Å². The van der Waals surface area contributed by atoms with E-state index in [9.17, 15) is 15.0 Å². The van der Waals surface area contributed by atoms with Crippen LogP contribution in [0.5, 0.6) is 17.2 Å². The van der Waals surface area contributed by atoms with Crippen molar-refractivity contribution in [2.24, 2.45) is 22.9 Å². The Morgan fingerprint density at radius 1 is 0.881 bits per heavy atom. The van der Waals surface area contributed by atoms with Crippen molar-refractivity contribution in [3.05, 3.63) is 139 Å². The van der Waals surface area contributed by atoms with E-state index in [0.717, 1.165) is 72.8 Å². The Morgan fingerprint density at radius 2 is 1.61 bits per heavy atom. The van der Waals surface area contributed by atoms with E-state index in [1.165, 1.54) is 0 Å². The largest absolute Gasteiger partial charge is 0.459 e. The Labute approximate surface area is 395 Å². The number of unbranched alkanes of at least 4 members (excludes halogenated alkanes) is 2. The molecule has 2 heterocycles. The van der Waals surface area contributed by atoms with Gasteiger partial charge < -0.3 is 48.4 Å². The fourth-order valence-electron chi connectivity index (χ4n) is 10.4. The van der Waals surface area contributed by atoms with Crippen molar-refractivity contribution < 1.29 is 48.3 Å². The molecule has 67 heavy (non-hydrogen) atoms. The number of fused-ring (bicyclic) bond motifs is 2. The van der Waals surface area contributed by atoms with Crippen LogP contribution in [0.1, 0.15) is 81.3 Å². The molecule has 1 amide bonds. The standard InChI is InChI=1S/C55H66N2O10/c1-3-31-64-55-50(57(2)54(60)63-34-33-61-38-39-16-6-4-7-17-39)37-48(56-67-51-22-12-15-32-62-51)46-35-42(20-10-13-29-58)45(21-11-14-30-59)52(53(46)55)47-36-44(27-28-49(47)66-55)65-43-25-23-41(24-26-43)40-18-8-5-9-19-40/h3-9,16-19,23-28,35-36,42,45,50-53,58-59H,1,10-15,20-22,29-34,37-38H2,2H3. The molecule has 12 nitrogen and oxygen atoms in total.